The predicted octanol–water partition coefficient (Wildman–Crippen LogP) is 3.53. The molecule has 6 heteroatoms. The Bertz CT molecular complexity index is 806. The highest BCUT2D eigenvalue weighted by Gasteiger charge is 2.04. The number of carbonyl (C=O) groups is 2. The number of aromatic nitrogens is 1. The summed E-state index contributed by atoms with van der Waals surface area (Å²) in [5, 5.41) is 5.73. The van der Waals surface area contributed by atoms with Gasteiger partial charge in [-0.1, -0.05) is 44.4 Å². The van der Waals surface area contributed by atoms with Crippen LogP contribution >= 0.6 is 0 Å². The van der Waals surface area contributed by atoms with Crippen molar-refractivity contribution in [1.82, 2.24) is 15.6 Å². The lowest BCUT2D eigenvalue weighted by atomic mass is 10.1. The van der Waals surface area contributed by atoms with Gasteiger partial charge < -0.3 is 15.4 Å². The molecule has 0 bridgehead atoms. The summed E-state index contributed by atoms with van der Waals surface area (Å²) in [5.74, 6) is 0.392. The van der Waals surface area contributed by atoms with Crippen molar-refractivity contribution in [2.24, 2.45) is 0 Å². The molecule has 0 unspecified atom stereocenters. The smallest absolute Gasteiger partial charge is 0.257 e. The van der Waals surface area contributed by atoms with Gasteiger partial charge in [0.1, 0.15) is 5.75 Å². The monoisotopic (exact) mass is 409 g/mol. The van der Waals surface area contributed by atoms with E-state index in [0.717, 1.165) is 24.0 Å². The fourth-order valence-corrected chi connectivity index (χ4v) is 2.81. The summed E-state index contributed by atoms with van der Waals surface area (Å²) >= 11 is 0. The van der Waals surface area contributed by atoms with Crippen molar-refractivity contribution >= 4 is 17.9 Å². The maximum absolute atomic E-state index is 11.9. The van der Waals surface area contributed by atoms with Crippen LogP contribution in [0.15, 0.2) is 54.9 Å². The van der Waals surface area contributed by atoms with Crippen LogP contribution in [0, 0.1) is 0 Å². The fraction of sp³-hybridized carbons (Fsp3) is 0.375. The summed E-state index contributed by atoms with van der Waals surface area (Å²) < 4.78 is 5.59. The lowest BCUT2D eigenvalue weighted by molar-refractivity contribution is -0.123. The van der Waals surface area contributed by atoms with E-state index in [-0.39, 0.29) is 18.4 Å². The predicted molar refractivity (Wildman–Crippen MR) is 119 cm³/mol. The number of hydrogen-bond donors (Lipinski definition) is 2. The highest BCUT2D eigenvalue weighted by molar-refractivity contribution is 5.91. The molecule has 160 valence electrons. The van der Waals surface area contributed by atoms with Crippen LogP contribution in [0.4, 0.5) is 0 Å². The van der Waals surface area contributed by atoms with Gasteiger partial charge in [-0.3, -0.25) is 14.6 Å². The average molecular weight is 410 g/mol. The minimum atomic E-state index is -0.151. The minimum absolute atomic E-state index is 0.00705. The maximum Gasteiger partial charge on any atom is 0.257 e. The van der Waals surface area contributed by atoms with Crippen LogP contribution in [-0.2, 0) is 16.0 Å². The first-order chi connectivity index (χ1) is 14.7. The van der Waals surface area contributed by atoms with Gasteiger partial charge in [0.15, 0.2) is 6.61 Å². The van der Waals surface area contributed by atoms with Crippen LogP contribution in [0.2, 0.25) is 0 Å². The highest BCUT2D eigenvalue weighted by atomic mass is 16.5. The van der Waals surface area contributed by atoms with Gasteiger partial charge in [-0.25, -0.2) is 0 Å². The molecule has 2 amide bonds. The van der Waals surface area contributed by atoms with Crippen LogP contribution in [0.25, 0.3) is 6.08 Å². The molecule has 1 aromatic heterocycles. The minimum Gasteiger partial charge on any atom is -0.484 e. The van der Waals surface area contributed by atoms with Crippen molar-refractivity contribution in [1.29, 1.82) is 0 Å². The molecule has 0 saturated heterocycles. The Hall–Kier alpha value is -3.15. The van der Waals surface area contributed by atoms with Crippen molar-refractivity contribution in [2.45, 2.75) is 39.0 Å². The van der Waals surface area contributed by atoms with Gasteiger partial charge in [0, 0.05) is 31.6 Å². The Kier molecular flexibility index (Phi) is 10.7. The zero-order chi connectivity index (χ0) is 21.4. The van der Waals surface area contributed by atoms with E-state index in [1.54, 1.807) is 18.5 Å². The number of benzene rings is 1. The van der Waals surface area contributed by atoms with E-state index in [2.05, 4.69) is 22.5 Å². The molecule has 0 aliphatic rings. The SMILES string of the molecule is CCCCCCNC(=O)COc1cccc(CCNC(=O)C=Cc2cccnc2)c1. The van der Waals surface area contributed by atoms with Gasteiger partial charge in [-0.05, 0) is 48.2 Å². The lowest BCUT2D eigenvalue weighted by Gasteiger charge is -2.09. The molecule has 2 N–H and O–H groups in total. The van der Waals surface area contributed by atoms with Gasteiger partial charge in [0.2, 0.25) is 5.91 Å². The van der Waals surface area contributed by atoms with E-state index in [4.69, 9.17) is 4.74 Å². The summed E-state index contributed by atoms with van der Waals surface area (Å²) in [6.45, 7) is 3.37. The Labute approximate surface area is 178 Å². The standard InChI is InChI=1S/C24H31N3O3/c1-2-3-4-5-15-26-24(29)19-30-22-10-6-8-20(17-22)13-16-27-23(28)12-11-21-9-7-14-25-18-21/h6-12,14,17-18H,2-5,13,15-16,19H2,1H3,(H,26,29)(H,27,28). The number of rotatable bonds is 13. The normalized spacial score (nSPS) is 10.7. The lowest BCUT2D eigenvalue weighted by Crippen LogP contribution is -2.29. The van der Waals surface area contributed by atoms with Crippen molar-refractivity contribution < 1.29 is 14.3 Å². The number of pyridine rings is 1. The van der Waals surface area contributed by atoms with Gasteiger partial charge >= 0.3 is 0 Å². The zero-order valence-electron chi connectivity index (χ0n) is 17.6. The van der Waals surface area contributed by atoms with Gasteiger partial charge in [-0.15, -0.1) is 0 Å². The second-order valence-corrected chi connectivity index (χ2v) is 7.01. The Morgan fingerprint density at radius 3 is 2.77 bits per heavy atom. The number of hydrogen-bond acceptors (Lipinski definition) is 4. The summed E-state index contributed by atoms with van der Waals surface area (Å²) in [6.07, 6.45) is 11.8. The second kappa shape index (κ2) is 13.9. The van der Waals surface area contributed by atoms with E-state index < -0.39 is 0 Å². The molecule has 2 rings (SSSR count). The van der Waals surface area contributed by atoms with Gasteiger partial charge in [0.25, 0.3) is 5.91 Å². The van der Waals surface area contributed by atoms with Crippen molar-refractivity contribution in [3.8, 4) is 5.75 Å². The van der Waals surface area contributed by atoms with E-state index in [1.807, 2.05) is 36.4 Å². The summed E-state index contributed by atoms with van der Waals surface area (Å²) in [5.41, 5.74) is 1.91. The first-order valence-corrected chi connectivity index (χ1v) is 10.5. The second-order valence-electron chi connectivity index (χ2n) is 7.01. The maximum atomic E-state index is 11.9. The highest BCUT2D eigenvalue weighted by Crippen LogP contribution is 2.13. The third kappa shape index (κ3) is 9.87. The average Bonchev–Trinajstić information content (AvgIpc) is 2.77. The number of amides is 2. The van der Waals surface area contributed by atoms with E-state index in [9.17, 15) is 9.59 Å². The fourth-order valence-electron chi connectivity index (χ4n) is 2.81. The molecule has 30 heavy (non-hydrogen) atoms. The molecule has 0 aliphatic carbocycles. The molecule has 6 nitrogen and oxygen atoms in total. The third-order valence-electron chi connectivity index (χ3n) is 4.45. The molecule has 0 aliphatic heterocycles. The molecule has 1 heterocycles. The van der Waals surface area contributed by atoms with Crippen LogP contribution in [-0.4, -0.2) is 36.5 Å². The topological polar surface area (TPSA) is 80.3 Å². The number of nitrogens with one attached hydrogen (secondary N) is 2. The van der Waals surface area contributed by atoms with E-state index >= 15 is 0 Å². The van der Waals surface area contributed by atoms with Gasteiger partial charge in [-0.2, -0.15) is 0 Å². The van der Waals surface area contributed by atoms with Crippen LogP contribution in [0.1, 0.15) is 43.7 Å². The Morgan fingerprint density at radius 2 is 1.97 bits per heavy atom. The van der Waals surface area contributed by atoms with E-state index in [1.165, 1.54) is 18.9 Å². The number of ether oxygens (including phenoxy) is 1. The summed E-state index contributed by atoms with van der Waals surface area (Å²) in [4.78, 5) is 27.8. The summed E-state index contributed by atoms with van der Waals surface area (Å²) in [6, 6.07) is 11.3. The van der Waals surface area contributed by atoms with Crippen LogP contribution < -0.4 is 15.4 Å². The molecule has 0 fully saturated rings. The summed E-state index contributed by atoms with van der Waals surface area (Å²) in [7, 11) is 0. The molecule has 2 aromatic rings. The number of nitrogens with zero attached hydrogens (tertiary/aromatic N) is 1. The molecule has 1 aromatic carbocycles. The van der Waals surface area contributed by atoms with Crippen LogP contribution in [0.3, 0.4) is 0 Å². The van der Waals surface area contributed by atoms with E-state index in [0.29, 0.717) is 25.3 Å². The molecule has 0 saturated carbocycles. The first-order valence-electron chi connectivity index (χ1n) is 10.5. The number of unbranched alkanes of at least 4 members (excludes halogenated alkanes) is 3. The Morgan fingerprint density at radius 1 is 1.07 bits per heavy atom. The Balaban J connectivity index is 1.66. The largest absolute Gasteiger partial charge is 0.484 e. The molecule has 0 spiro atoms. The first kappa shape index (κ1) is 23.1. The molecular weight excluding hydrogens is 378 g/mol. The number of carbonyl (C=O) groups excluding carboxylic acids is 2. The molecular formula is C24H31N3O3. The quantitative estimate of drug-likeness (QED) is 0.392. The molecule has 0 radical (unpaired) electrons. The van der Waals surface area contributed by atoms with Gasteiger partial charge in [0.05, 0.1) is 0 Å². The van der Waals surface area contributed by atoms with Crippen molar-refractivity contribution in [2.75, 3.05) is 19.7 Å². The van der Waals surface area contributed by atoms with Crippen molar-refractivity contribution in [3.63, 3.8) is 0 Å². The zero-order valence-corrected chi connectivity index (χ0v) is 17.6. The van der Waals surface area contributed by atoms with Crippen molar-refractivity contribution in [3.05, 3.63) is 66.0 Å². The molecule has 0 atom stereocenters. The third-order valence-corrected chi connectivity index (χ3v) is 4.45. The van der Waals surface area contributed by atoms with Crippen LogP contribution in [0.5, 0.6) is 5.75 Å².